The molecule has 2 heterocycles. The number of likely N-dealkylation sites (tertiary alicyclic amines) is 1. The van der Waals surface area contributed by atoms with Gasteiger partial charge in [-0.05, 0) is 51.9 Å². The molecular formula is C19H25NO4. The topological polar surface area (TPSA) is 59.0 Å². The van der Waals surface area contributed by atoms with Crippen LogP contribution in [0.4, 0.5) is 0 Å². The number of methoxy groups -OCH3 is 1. The number of hydrogen-bond acceptors (Lipinski definition) is 5. The third-order valence-electron chi connectivity index (χ3n) is 6.71. The van der Waals surface area contributed by atoms with Gasteiger partial charge in [0, 0.05) is 18.0 Å². The van der Waals surface area contributed by atoms with Gasteiger partial charge in [-0.25, -0.2) is 0 Å². The second-order valence-corrected chi connectivity index (χ2v) is 7.56. The highest BCUT2D eigenvalue weighted by atomic mass is 16.5. The number of aliphatic hydroxyl groups is 1. The maximum atomic E-state index is 12.7. The molecule has 1 saturated carbocycles. The molecule has 1 saturated heterocycles. The fourth-order valence-electron chi connectivity index (χ4n) is 5.26. The maximum absolute atomic E-state index is 12.7. The van der Waals surface area contributed by atoms with Crippen molar-refractivity contribution in [1.29, 1.82) is 0 Å². The van der Waals surface area contributed by atoms with Crippen LogP contribution in [-0.4, -0.2) is 54.2 Å². The summed E-state index contributed by atoms with van der Waals surface area (Å²) in [7, 11) is 3.65. The van der Waals surface area contributed by atoms with Crippen LogP contribution in [0.5, 0.6) is 11.5 Å². The van der Waals surface area contributed by atoms with Crippen LogP contribution < -0.4 is 9.47 Å². The highest BCUT2D eigenvalue weighted by Crippen LogP contribution is 2.61. The Balaban J connectivity index is 2.02. The number of rotatable bonds is 1. The fourth-order valence-corrected chi connectivity index (χ4v) is 5.26. The Morgan fingerprint density at radius 3 is 2.83 bits per heavy atom. The lowest BCUT2D eigenvalue weighted by Crippen LogP contribution is -2.73. The van der Waals surface area contributed by atoms with Crippen molar-refractivity contribution >= 4 is 5.78 Å². The zero-order valence-corrected chi connectivity index (χ0v) is 14.8. The van der Waals surface area contributed by atoms with Crippen molar-refractivity contribution < 1.29 is 19.4 Å². The van der Waals surface area contributed by atoms with E-state index in [0.29, 0.717) is 30.8 Å². The number of piperidine rings is 1. The predicted molar refractivity (Wildman–Crippen MR) is 89.7 cm³/mol. The smallest absolute Gasteiger partial charge is 0.174 e. The fraction of sp³-hybridized carbons (Fsp3) is 0.632. The van der Waals surface area contributed by atoms with E-state index in [0.717, 1.165) is 17.7 Å². The van der Waals surface area contributed by atoms with Crippen LogP contribution in [0.25, 0.3) is 0 Å². The second-order valence-electron chi connectivity index (χ2n) is 7.56. The van der Waals surface area contributed by atoms with Gasteiger partial charge in [0.25, 0.3) is 0 Å². The number of aryl methyl sites for hydroxylation is 1. The first-order valence-electron chi connectivity index (χ1n) is 8.67. The highest BCUT2D eigenvalue weighted by molar-refractivity contribution is 5.89. The summed E-state index contributed by atoms with van der Waals surface area (Å²) in [4.78, 5) is 14.9. The molecule has 1 unspecified atom stereocenters. The summed E-state index contributed by atoms with van der Waals surface area (Å²) in [6, 6.07) is 3.84. The summed E-state index contributed by atoms with van der Waals surface area (Å²) in [6.07, 6.45) is 0.934. The molecule has 24 heavy (non-hydrogen) atoms. The summed E-state index contributed by atoms with van der Waals surface area (Å²) in [5.41, 5.74) is 0.365. The van der Waals surface area contributed by atoms with E-state index in [9.17, 15) is 9.90 Å². The largest absolute Gasteiger partial charge is 0.493 e. The van der Waals surface area contributed by atoms with Crippen molar-refractivity contribution in [2.45, 2.75) is 56.3 Å². The van der Waals surface area contributed by atoms with E-state index < -0.39 is 17.1 Å². The first-order valence-corrected chi connectivity index (χ1v) is 8.67. The van der Waals surface area contributed by atoms with E-state index in [1.54, 1.807) is 7.11 Å². The molecule has 0 bridgehead atoms. The second kappa shape index (κ2) is 4.96. The molecule has 5 nitrogen and oxygen atoms in total. The van der Waals surface area contributed by atoms with Gasteiger partial charge in [-0.3, -0.25) is 4.79 Å². The number of hydrogen-bond donors (Lipinski definition) is 1. The molecule has 1 aromatic rings. The van der Waals surface area contributed by atoms with E-state index in [1.165, 1.54) is 0 Å². The number of carbonyl (C=O) groups excluding carboxylic acids is 1. The number of ketones is 1. The minimum absolute atomic E-state index is 0.0398. The van der Waals surface area contributed by atoms with Crippen molar-refractivity contribution in [3.05, 3.63) is 23.3 Å². The summed E-state index contributed by atoms with van der Waals surface area (Å²) in [6.45, 7) is 4.91. The van der Waals surface area contributed by atoms with E-state index in [4.69, 9.17) is 9.47 Å². The lowest BCUT2D eigenvalue weighted by Gasteiger charge is -2.58. The zero-order valence-electron chi connectivity index (χ0n) is 14.8. The summed E-state index contributed by atoms with van der Waals surface area (Å²) in [5, 5.41) is 11.8. The average Bonchev–Trinajstić information content (AvgIpc) is 2.93. The third kappa shape index (κ3) is 1.64. The Kier molecular flexibility index (Phi) is 3.29. The summed E-state index contributed by atoms with van der Waals surface area (Å²) in [5.74, 6) is 1.38. The lowest BCUT2D eigenvalue weighted by molar-refractivity contribution is -0.178. The number of fused-ring (bicyclic) bond motifs is 1. The summed E-state index contributed by atoms with van der Waals surface area (Å²) >= 11 is 0. The van der Waals surface area contributed by atoms with Crippen molar-refractivity contribution in [2.75, 3.05) is 20.7 Å². The van der Waals surface area contributed by atoms with Crippen molar-refractivity contribution in [1.82, 2.24) is 4.90 Å². The van der Waals surface area contributed by atoms with E-state index in [1.807, 2.05) is 26.1 Å². The molecule has 1 aromatic carbocycles. The molecule has 1 spiro atoms. The number of Topliss-reactive ketones (excluding diaryl/α,β-unsaturated/α-hetero) is 1. The van der Waals surface area contributed by atoms with Gasteiger partial charge >= 0.3 is 0 Å². The van der Waals surface area contributed by atoms with Crippen LogP contribution in [0.3, 0.4) is 0 Å². The van der Waals surface area contributed by atoms with E-state index >= 15 is 0 Å². The van der Waals surface area contributed by atoms with Crippen molar-refractivity contribution in [3.8, 4) is 11.5 Å². The van der Waals surface area contributed by atoms with Gasteiger partial charge in [-0.15, -0.1) is 0 Å². The standard InChI is InChI=1S/C19H25NO4/c1-11-5-6-14(23-4)16-15(11)18-9-10-20(3)12(2)19(18,22)8-7-13(21)17(18)24-16/h5-6,12,17,22H,7-10H2,1-4H3/t12?,17-,18-,19+/m0/s1. The Hall–Kier alpha value is -1.59. The number of nitrogens with zero attached hydrogens (tertiary/aromatic N) is 1. The molecule has 1 aliphatic carbocycles. The monoisotopic (exact) mass is 331 g/mol. The van der Waals surface area contributed by atoms with Crippen LogP contribution in [0.1, 0.15) is 37.3 Å². The summed E-state index contributed by atoms with van der Waals surface area (Å²) < 4.78 is 11.7. The Morgan fingerprint density at radius 2 is 2.12 bits per heavy atom. The minimum atomic E-state index is -0.985. The zero-order chi connectivity index (χ0) is 17.3. The molecule has 3 aliphatic rings. The molecule has 0 amide bonds. The normalized spacial score (nSPS) is 38.1. The van der Waals surface area contributed by atoms with Crippen molar-refractivity contribution in [3.63, 3.8) is 0 Å². The molecule has 5 heteroatoms. The third-order valence-corrected chi connectivity index (χ3v) is 6.71. The molecule has 4 atom stereocenters. The van der Waals surface area contributed by atoms with Gasteiger partial charge in [0.05, 0.1) is 18.1 Å². The maximum Gasteiger partial charge on any atom is 0.174 e. The molecule has 2 fully saturated rings. The van der Waals surface area contributed by atoms with Gasteiger partial charge in [-0.2, -0.15) is 0 Å². The van der Waals surface area contributed by atoms with Crippen LogP contribution in [-0.2, 0) is 10.2 Å². The average molecular weight is 331 g/mol. The van der Waals surface area contributed by atoms with E-state index in [-0.39, 0.29) is 11.8 Å². The molecule has 2 aliphatic heterocycles. The lowest BCUT2D eigenvalue weighted by atomic mass is 9.52. The molecule has 1 N–H and O–H groups in total. The molecule has 130 valence electrons. The predicted octanol–water partition coefficient (Wildman–Crippen LogP) is 1.82. The van der Waals surface area contributed by atoms with Gasteiger partial charge < -0.3 is 19.5 Å². The van der Waals surface area contributed by atoms with E-state index in [2.05, 4.69) is 11.8 Å². The number of benzene rings is 1. The van der Waals surface area contributed by atoms with Crippen LogP contribution >= 0.6 is 0 Å². The Bertz CT molecular complexity index is 718. The number of carbonyl (C=O) groups is 1. The molecule has 0 aromatic heterocycles. The quantitative estimate of drug-likeness (QED) is 0.851. The van der Waals surface area contributed by atoms with Crippen LogP contribution in [0.2, 0.25) is 0 Å². The minimum Gasteiger partial charge on any atom is -0.493 e. The number of likely N-dealkylation sites (N-methyl/N-ethyl adjacent to an activating group) is 1. The van der Waals surface area contributed by atoms with Gasteiger partial charge in [0.1, 0.15) is 0 Å². The number of ether oxygens (including phenoxy) is 2. The Morgan fingerprint density at radius 1 is 1.38 bits per heavy atom. The van der Waals surface area contributed by atoms with Gasteiger partial charge in [-0.1, -0.05) is 6.07 Å². The first kappa shape index (κ1) is 15.9. The Labute approximate surface area is 142 Å². The highest BCUT2D eigenvalue weighted by Gasteiger charge is 2.70. The van der Waals surface area contributed by atoms with Crippen molar-refractivity contribution in [2.24, 2.45) is 0 Å². The SMILES string of the molecule is COc1ccc(C)c2c1O[C@H]1C(=O)CC[C@@]3(O)C(C)N(C)CC[C@]213. The van der Waals surface area contributed by atoms with Gasteiger partial charge in [0.15, 0.2) is 23.4 Å². The molecule has 0 radical (unpaired) electrons. The molecule has 4 rings (SSSR count). The first-order chi connectivity index (χ1) is 11.4. The van der Waals surface area contributed by atoms with Crippen LogP contribution in [0, 0.1) is 6.92 Å². The van der Waals surface area contributed by atoms with Crippen LogP contribution in [0.15, 0.2) is 12.1 Å². The molecular weight excluding hydrogens is 306 g/mol. The van der Waals surface area contributed by atoms with Gasteiger partial charge in [0.2, 0.25) is 0 Å².